The Hall–Kier alpha value is -2.26. The van der Waals surface area contributed by atoms with Crippen LogP contribution in [-0.2, 0) is 4.74 Å². The third-order valence-electron chi connectivity index (χ3n) is 2.82. The highest BCUT2D eigenvalue weighted by Crippen LogP contribution is 2.30. The summed E-state index contributed by atoms with van der Waals surface area (Å²) in [5.41, 5.74) is -2.62. The highest BCUT2D eigenvalue weighted by Gasteiger charge is 2.28. The Morgan fingerprint density at radius 2 is 2.05 bits per heavy atom. The number of aliphatic hydroxyl groups is 2. The van der Waals surface area contributed by atoms with Crippen LogP contribution in [0.1, 0.15) is 17.3 Å². The van der Waals surface area contributed by atoms with Gasteiger partial charge in [0, 0.05) is 0 Å². The maximum Gasteiger partial charge on any atom is 0.340 e. The van der Waals surface area contributed by atoms with Gasteiger partial charge in [0.15, 0.2) is 0 Å². The van der Waals surface area contributed by atoms with Gasteiger partial charge in [-0.15, -0.1) is 0 Å². The van der Waals surface area contributed by atoms with Crippen LogP contribution in [0.2, 0.25) is 0 Å². The van der Waals surface area contributed by atoms with Crippen molar-refractivity contribution in [2.75, 3.05) is 25.6 Å². The standard InChI is InChI=1S/C12H15FN2O6/c1-12(5-16,6-17)14-9-3-7(11(18)21-2)8(13)4-10(9)15(19)20/h3-4,14,16-17H,5-6H2,1-2H3. The van der Waals surface area contributed by atoms with E-state index in [1.807, 2.05) is 0 Å². The van der Waals surface area contributed by atoms with Crippen LogP contribution < -0.4 is 5.32 Å². The van der Waals surface area contributed by atoms with E-state index in [2.05, 4.69) is 10.1 Å². The number of carbonyl (C=O) groups is 1. The van der Waals surface area contributed by atoms with Crippen molar-refractivity contribution in [3.8, 4) is 0 Å². The van der Waals surface area contributed by atoms with Gasteiger partial charge < -0.3 is 20.3 Å². The predicted octanol–water partition coefficient (Wildman–Crippen LogP) is 0.676. The fourth-order valence-corrected chi connectivity index (χ4v) is 1.53. The molecule has 1 aromatic rings. The molecule has 0 saturated heterocycles. The van der Waals surface area contributed by atoms with Gasteiger partial charge in [-0.1, -0.05) is 0 Å². The van der Waals surface area contributed by atoms with Gasteiger partial charge in [-0.05, 0) is 13.0 Å². The highest BCUT2D eigenvalue weighted by molar-refractivity contribution is 5.92. The lowest BCUT2D eigenvalue weighted by Crippen LogP contribution is -2.42. The van der Waals surface area contributed by atoms with Gasteiger partial charge in [-0.25, -0.2) is 9.18 Å². The quantitative estimate of drug-likeness (QED) is 0.401. The number of hydrogen-bond acceptors (Lipinski definition) is 7. The van der Waals surface area contributed by atoms with Gasteiger partial charge in [-0.3, -0.25) is 10.1 Å². The number of anilines is 1. The van der Waals surface area contributed by atoms with Crippen LogP contribution in [-0.4, -0.2) is 47.0 Å². The Labute approximate surface area is 119 Å². The second kappa shape index (κ2) is 6.46. The van der Waals surface area contributed by atoms with E-state index in [1.54, 1.807) is 0 Å². The number of nitro benzene ring substituents is 1. The summed E-state index contributed by atoms with van der Waals surface area (Å²) in [5.74, 6) is -2.10. The number of hydrogen-bond donors (Lipinski definition) is 3. The number of nitro groups is 1. The van der Waals surface area contributed by atoms with Crippen molar-refractivity contribution in [3.05, 3.63) is 33.6 Å². The maximum absolute atomic E-state index is 13.7. The summed E-state index contributed by atoms with van der Waals surface area (Å²) in [6.07, 6.45) is 0. The average Bonchev–Trinajstić information content (AvgIpc) is 2.47. The van der Waals surface area contributed by atoms with Gasteiger partial charge in [0.25, 0.3) is 5.69 Å². The Morgan fingerprint density at radius 1 is 1.48 bits per heavy atom. The fourth-order valence-electron chi connectivity index (χ4n) is 1.53. The lowest BCUT2D eigenvalue weighted by molar-refractivity contribution is -0.384. The monoisotopic (exact) mass is 302 g/mol. The smallest absolute Gasteiger partial charge is 0.340 e. The molecule has 0 aliphatic heterocycles. The Kier molecular flexibility index (Phi) is 5.17. The molecule has 1 aromatic carbocycles. The molecule has 0 atom stereocenters. The van der Waals surface area contributed by atoms with E-state index in [4.69, 9.17) is 0 Å². The number of esters is 1. The van der Waals surface area contributed by atoms with Gasteiger partial charge >= 0.3 is 5.97 Å². The summed E-state index contributed by atoms with van der Waals surface area (Å²) >= 11 is 0. The van der Waals surface area contributed by atoms with E-state index in [1.165, 1.54) is 6.92 Å². The van der Waals surface area contributed by atoms with Crippen molar-refractivity contribution in [2.24, 2.45) is 0 Å². The number of carbonyl (C=O) groups excluding carboxylic acids is 1. The zero-order valence-corrected chi connectivity index (χ0v) is 11.4. The van der Waals surface area contributed by atoms with Crippen LogP contribution in [0.3, 0.4) is 0 Å². The Bertz CT molecular complexity index is 559. The molecule has 0 unspecified atom stereocenters. The summed E-state index contributed by atoms with van der Waals surface area (Å²) in [6, 6.07) is 1.48. The number of rotatable bonds is 6. The third kappa shape index (κ3) is 3.64. The number of ether oxygens (including phenoxy) is 1. The second-order valence-electron chi connectivity index (χ2n) is 4.60. The Morgan fingerprint density at radius 3 is 2.48 bits per heavy atom. The van der Waals surface area contributed by atoms with E-state index < -0.39 is 46.7 Å². The minimum absolute atomic E-state index is 0.215. The molecule has 0 aromatic heterocycles. The van der Waals surface area contributed by atoms with E-state index >= 15 is 0 Å². The fraction of sp³-hybridized carbons (Fsp3) is 0.417. The molecule has 0 heterocycles. The molecule has 0 amide bonds. The molecule has 0 aliphatic rings. The molecular weight excluding hydrogens is 287 g/mol. The van der Waals surface area contributed by atoms with Crippen molar-refractivity contribution in [1.29, 1.82) is 0 Å². The van der Waals surface area contributed by atoms with Crippen molar-refractivity contribution >= 4 is 17.3 Å². The van der Waals surface area contributed by atoms with Crippen LogP contribution in [0.5, 0.6) is 0 Å². The summed E-state index contributed by atoms with van der Waals surface area (Å²) in [6.45, 7) is 0.328. The predicted molar refractivity (Wildman–Crippen MR) is 70.6 cm³/mol. The number of aliphatic hydroxyl groups excluding tert-OH is 2. The minimum atomic E-state index is -1.28. The molecule has 8 nitrogen and oxygen atoms in total. The minimum Gasteiger partial charge on any atom is -0.465 e. The van der Waals surface area contributed by atoms with E-state index in [9.17, 15) is 29.5 Å². The molecule has 0 saturated carbocycles. The molecule has 116 valence electrons. The van der Waals surface area contributed by atoms with E-state index in [-0.39, 0.29) is 5.69 Å². The van der Waals surface area contributed by atoms with Crippen LogP contribution in [0.15, 0.2) is 12.1 Å². The molecule has 3 N–H and O–H groups in total. The molecule has 21 heavy (non-hydrogen) atoms. The molecule has 0 radical (unpaired) electrons. The van der Waals surface area contributed by atoms with Crippen molar-refractivity contribution in [1.82, 2.24) is 0 Å². The summed E-state index contributed by atoms with van der Waals surface area (Å²) in [7, 11) is 1.04. The van der Waals surface area contributed by atoms with Crippen molar-refractivity contribution in [2.45, 2.75) is 12.5 Å². The van der Waals surface area contributed by atoms with E-state index in [0.29, 0.717) is 6.07 Å². The molecular formula is C12H15FN2O6. The number of nitrogens with zero attached hydrogens (tertiary/aromatic N) is 1. The highest BCUT2D eigenvalue weighted by atomic mass is 19.1. The van der Waals surface area contributed by atoms with Crippen molar-refractivity contribution in [3.63, 3.8) is 0 Å². The molecule has 0 aliphatic carbocycles. The van der Waals surface area contributed by atoms with Gasteiger partial charge in [0.2, 0.25) is 0 Å². The summed E-state index contributed by atoms with van der Waals surface area (Å²) < 4.78 is 18.1. The number of halogens is 1. The van der Waals surface area contributed by atoms with Crippen LogP contribution in [0.25, 0.3) is 0 Å². The number of nitrogens with one attached hydrogen (secondary N) is 1. The largest absolute Gasteiger partial charge is 0.465 e. The second-order valence-corrected chi connectivity index (χ2v) is 4.60. The van der Waals surface area contributed by atoms with Crippen molar-refractivity contribution < 1.29 is 29.1 Å². The third-order valence-corrected chi connectivity index (χ3v) is 2.82. The number of methoxy groups -OCH3 is 1. The maximum atomic E-state index is 13.7. The van der Waals surface area contributed by atoms with Crippen LogP contribution in [0.4, 0.5) is 15.8 Å². The summed E-state index contributed by atoms with van der Waals surface area (Å²) in [5, 5.41) is 31.9. The van der Waals surface area contributed by atoms with Gasteiger partial charge in [-0.2, -0.15) is 0 Å². The molecule has 1 rings (SSSR count). The van der Waals surface area contributed by atoms with Gasteiger partial charge in [0.05, 0.1) is 42.4 Å². The zero-order valence-electron chi connectivity index (χ0n) is 11.4. The van der Waals surface area contributed by atoms with E-state index in [0.717, 1.165) is 13.2 Å². The zero-order chi connectivity index (χ0) is 16.2. The average molecular weight is 302 g/mol. The first kappa shape index (κ1) is 16.8. The Balaban J connectivity index is 3.39. The number of benzene rings is 1. The SMILES string of the molecule is COC(=O)c1cc(NC(C)(CO)CO)c([N+](=O)[O-])cc1F. The van der Waals surface area contributed by atoms with Crippen LogP contribution in [0, 0.1) is 15.9 Å². The molecule has 0 fully saturated rings. The molecule has 0 spiro atoms. The topological polar surface area (TPSA) is 122 Å². The van der Waals surface area contributed by atoms with Gasteiger partial charge in [0.1, 0.15) is 11.5 Å². The molecule has 9 heteroatoms. The normalized spacial score (nSPS) is 11.1. The first-order chi connectivity index (χ1) is 9.77. The van der Waals surface area contributed by atoms with Crippen LogP contribution >= 0.6 is 0 Å². The lowest BCUT2D eigenvalue weighted by Gasteiger charge is -2.27. The lowest BCUT2D eigenvalue weighted by atomic mass is 10.0. The first-order valence-corrected chi connectivity index (χ1v) is 5.84. The molecule has 0 bridgehead atoms. The first-order valence-electron chi connectivity index (χ1n) is 5.84. The summed E-state index contributed by atoms with van der Waals surface area (Å²) in [4.78, 5) is 21.5.